The molecule has 1 amide bonds. The normalized spacial score (nSPS) is 19.0. The summed E-state index contributed by atoms with van der Waals surface area (Å²) in [6, 6.07) is 9.48. The zero-order valence-electron chi connectivity index (χ0n) is 14.1. The number of rotatable bonds is 5. The predicted octanol–water partition coefficient (Wildman–Crippen LogP) is 1.31. The number of carbonyl (C=O) groups excluding carboxylic acids is 1. The van der Waals surface area contributed by atoms with Crippen molar-refractivity contribution in [2.75, 3.05) is 24.3 Å². The van der Waals surface area contributed by atoms with Crippen molar-refractivity contribution >= 4 is 27.5 Å². The van der Waals surface area contributed by atoms with E-state index in [0.717, 1.165) is 11.5 Å². The van der Waals surface area contributed by atoms with Gasteiger partial charge in [0.05, 0.1) is 17.3 Å². The summed E-state index contributed by atoms with van der Waals surface area (Å²) in [5, 5.41) is 8.90. The van der Waals surface area contributed by atoms with Crippen molar-refractivity contribution < 1.29 is 13.2 Å². The standard InChI is InChI=1S/C16H20N4O3S2/c1-12-17-18-16(20(12)13-6-4-3-5-7-13)24-10-15(21)19(2)14-8-9-25(22,23)11-14/h3-7,14H,8-11H2,1-2H3. The summed E-state index contributed by atoms with van der Waals surface area (Å²) >= 11 is 1.31. The third-order valence-electron chi connectivity index (χ3n) is 4.28. The van der Waals surface area contributed by atoms with E-state index < -0.39 is 9.84 Å². The Bertz CT molecular complexity index is 865. The van der Waals surface area contributed by atoms with Crippen molar-refractivity contribution in [2.24, 2.45) is 0 Å². The molecule has 134 valence electrons. The van der Waals surface area contributed by atoms with Crippen molar-refractivity contribution in [3.05, 3.63) is 36.2 Å². The molecule has 0 saturated carbocycles. The highest BCUT2D eigenvalue weighted by molar-refractivity contribution is 7.99. The zero-order chi connectivity index (χ0) is 18.0. The van der Waals surface area contributed by atoms with Crippen molar-refractivity contribution in [3.63, 3.8) is 0 Å². The Morgan fingerprint density at radius 1 is 1.32 bits per heavy atom. The molecule has 0 N–H and O–H groups in total. The summed E-state index contributed by atoms with van der Waals surface area (Å²) in [4.78, 5) is 14.0. The van der Waals surface area contributed by atoms with Gasteiger partial charge in [0.2, 0.25) is 5.91 Å². The number of nitrogens with zero attached hydrogens (tertiary/aromatic N) is 4. The molecule has 0 bridgehead atoms. The lowest BCUT2D eigenvalue weighted by Gasteiger charge is -2.23. The topological polar surface area (TPSA) is 85.2 Å². The lowest BCUT2D eigenvalue weighted by molar-refractivity contribution is -0.128. The third kappa shape index (κ3) is 4.04. The molecule has 7 nitrogen and oxygen atoms in total. The van der Waals surface area contributed by atoms with E-state index in [-0.39, 0.29) is 29.2 Å². The van der Waals surface area contributed by atoms with Crippen LogP contribution in [-0.4, -0.2) is 64.3 Å². The van der Waals surface area contributed by atoms with E-state index in [1.165, 1.54) is 11.8 Å². The molecule has 1 aliphatic rings. The second-order valence-electron chi connectivity index (χ2n) is 6.05. The summed E-state index contributed by atoms with van der Waals surface area (Å²) in [5.41, 5.74) is 0.940. The first kappa shape index (κ1) is 17.9. The number of hydrogen-bond acceptors (Lipinski definition) is 6. The van der Waals surface area contributed by atoms with Gasteiger partial charge in [0.25, 0.3) is 0 Å². The molecule has 1 aliphatic heterocycles. The first-order chi connectivity index (χ1) is 11.9. The number of amides is 1. The quantitative estimate of drug-likeness (QED) is 0.727. The van der Waals surface area contributed by atoms with Crippen molar-refractivity contribution in [2.45, 2.75) is 24.5 Å². The van der Waals surface area contributed by atoms with Gasteiger partial charge in [-0.25, -0.2) is 8.42 Å². The largest absolute Gasteiger partial charge is 0.341 e. The fourth-order valence-corrected chi connectivity index (χ4v) is 5.52. The highest BCUT2D eigenvalue weighted by Gasteiger charge is 2.32. The van der Waals surface area contributed by atoms with Crippen LogP contribution in [0.2, 0.25) is 0 Å². The molecule has 3 rings (SSSR count). The van der Waals surface area contributed by atoms with Crippen LogP contribution >= 0.6 is 11.8 Å². The minimum atomic E-state index is -3.01. The van der Waals surface area contributed by atoms with Gasteiger partial charge in [0.1, 0.15) is 5.82 Å². The Balaban J connectivity index is 1.67. The maximum atomic E-state index is 12.4. The van der Waals surface area contributed by atoms with E-state index >= 15 is 0 Å². The summed E-state index contributed by atoms with van der Waals surface area (Å²) in [5.74, 6) is 1.05. The minimum absolute atomic E-state index is 0.0548. The maximum absolute atomic E-state index is 12.4. The molecule has 1 aromatic heterocycles. The van der Waals surface area contributed by atoms with Crippen LogP contribution in [0.25, 0.3) is 5.69 Å². The van der Waals surface area contributed by atoms with Crippen LogP contribution < -0.4 is 0 Å². The van der Waals surface area contributed by atoms with Crippen LogP contribution in [-0.2, 0) is 14.6 Å². The minimum Gasteiger partial charge on any atom is -0.341 e. The van der Waals surface area contributed by atoms with Gasteiger partial charge in [-0.2, -0.15) is 0 Å². The number of aromatic nitrogens is 3. The van der Waals surface area contributed by atoms with Crippen LogP contribution in [0.5, 0.6) is 0 Å². The molecule has 0 radical (unpaired) electrons. The Morgan fingerprint density at radius 3 is 2.68 bits per heavy atom. The molecule has 1 saturated heterocycles. The number of hydrogen-bond donors (Lipinski definition) is 0. The van der Waals surface area contributed by atoms with Crippen LogP contribution in [0.4, 0.5) is 0 Å². The van der Waals surface area contributed by atoms with Gasteiger partial charge in [-0.15, -0.1) is 10.2 Å². The second-order valence-corrected chi connectivity index (χ2v) is 9.22. The molecule has 0 spiro atoms. The predicted molar refractivity (Wildman–Crippen MR) is 96.6 cm³/mol. The van der Waals surface area contributed by atoms with Crippen molar-refractivity contribution in [1.29, 1.82) is 0 Å². The first-order valence-corrected chi connectivity index (χ1v) is 10.7. The Hall–Kier alpha value is -1.87. The van der Waals surface area contributed by atoms with Gasteiger partial charge in [0, 0.05) is 18.8 Å². The lowest BCUT2D eigenvalue weighted by atomic mass is 10.2. The Morgan fingerprint density at radius 2 is 2.04 bits per heavy atom. The summed E-state index contributed by atoms with van der Waals surface area (Å²) < 4.78 is 25.1. The third-order valence-corrected chi connectivity index (χ3v) is 6.95. The number of aryl methyl sites for hydroxylation is 1. The average molecular weight is 380 g/mol. The highest BCUT2D eigenvalue weighted by Crippen LogP contribution is 2.23. The SMILES string of the molecule is Cc1nnc(SCC(=O)N(C)C2CCS(=O)(=O)C2)n1-c1ccccc1. The molecule has 1 unspecified atom stereocenters. The number of para-hydroxylation sites is 1. The van der Waals surface area contributed by atoms with Gasteiger partial charge in [-0.1, -0.05) is 30.0 Å². The summed E-state index contributed by atoms with van der Waals surface area (Å²) in [6.07, 6.45) is 0.508. The summed E-state index contributed by atoms with van der Waals surface area (Å²) in [7, 11) is -1.34. The van der Waals surface area contributed by atoms with Gasteiger partial charge < -0.3 is 4.90 Å². The number of benzene rings is 1. The molecule has 25 heavy (non-hydrogen) atoms. The summed E-state index contributed by atoms with van der Waals surface area (Å²) in [6.45, 7) is 1.86. The zero-order valence-corrected chi connectivity index (χ0v) is 15.8. The molecule has 1 fully saturated rings. The number of sulfone groups is 1. The highest BCUT2D eigenvalue weighted by atomic mass is 32.2. The van der Waals surface area contributed by atoms with Gasteiger partial charge in [0.15, 0.2) is 15.0 Å². The Kier molecular flexibility index (Phi) is 5.14. The van der Waals surface area contributed by atoms with E-state index in [4.69, 9.17) is 0 Å². The molecule has 2 aromatic rings. The molecule has 2 heterocycles. The number of carbonyl (C=O) groups is 1. The molecule has 1 atom stereocenters. The Labute approximate surface area is 151 Å². The maximum Gasteiger partial charge on any atom is 0.233 e. The van der Waals surface area contributed by atoms with Gasteiger partial charge >= 0.3 is 0 Å². The molecule has 0 aliphatic carbocycles. The molecule has 9 heteroatoms. The number of thioether (sulfide) groups is 1. The van der Waals surface area contributed by atoms with Crippen molar-refractivity contribution in [3.8, 4) is 5.69 Å². The van der Waals surface area contributed by atoms with Crippen LogP contribution in [0.1, 0.15) is 12.2 Å². The smallest absolute Gasteiger partial charge is 0.233 e. The fourth-order valence-electron chi connectivity index (χ4n) is 2.82. The van der Waals surface area contributed by atoms with Crippen molar-refractivity contribution in [1.82, 2.24) is 19.7 Å². The van der Waals surface area contributed by atoms with E-state index in [1.807, 2.05) is 41.8 Å². The molecule has 1 aromatic carbocycles. The van der Waals surface area contributed by atoms with Gasteiger partial charge in [-0.05, 0) is 25.5 Å². The first-order valence-electron chi connectivity index (χ1n) is 7.94. The van der Waals surface area contributed by atoms with Crippen LogP contribution in [0, 0.1) is 6.92 Å². The molecular formula is C16H20N4O3S2. The van der Waals surface area contributed by atoms with E-state index in [9.17, 15) is 13.2 Å². The average Bonchev–Trinajstić information content (AvgIpc) is 3.14. The lowest BCUT2D eigenvalue weighted by Crippen LogP contribution is -2.38. The monoisotopic (exact) mass is 380 g/mol. The van der Waals surface area contributed by atoms with Gasteiger partial charge in [-0.3, -0.25) is 9.36 Å². The van der Waals surface area contributed by atoms with E-state index in [2.05, 4.69) is 10.2 Å². The molecular weight excluding hydrogens is 360 g/mol. The van der Waals surface area contributed by atoms with E-state index in [1.54, 1.807) is 11.9 Å². The van der Waals surface area contributed by atoms with Crippen LogP contribution in [0.15, 0.2) is 35.5 Å². The fraction of sp³-hybridized carbons (Fsp3) is 0.438. The second kappa shape index (κ2) is 7.17. The van der Waals surface area contributed by atoms with E-state index in [0.29, 0.717) is 11.6 Å². The van der Waals surface area contributed by atoms with Crippen LogP contribution in [0.3, 0.4) is 0 Å².